The number of thiophene rings is 1. The Kier molecular flexibility index (Phi) is 6.28. The molecule has 1 saturated heterocycles. The summed E-state index contributed by atoms with van der Waals surface area (Å²) in [7, 11) is -3.42. The zero-order valence-corrected chi connectivity index (χ0v) is 14.6. The van der Waals surface area contributed by atoms with Crippen LogP contribution in [0.4, 0.5) is 0 Å². The van der Waals surface area contributed by atoms with E-state index in [9.17, 15) is 8.42 Å². The van der Waals surface area contributed by atoms with Gasteiger partial charge in [-0.15, -0.1) is 23.7 Å². The highest BCUT2D eigenvalue weighted by molar-refractivity contribution is 9.10. The molecule has 2 N–H and O–H groups in total. The predicted octanol–water partition coefficient (Wildman–Crippen LogP) is 2.68. The second kappa shape index (κ2) is 6.87. The maximum atomic E-state index is 12.6. The third-order valence-corrected chi connectivity index (χ3v) is 8.01. The van der Waals surface area contributed by atoms with E-state index in [0.29, 0.717) is 27.7 Å². The molecule has 2 unspecified atom stereocenters. The Morgan fingerprint density at radius 2 is 2.26 bits per heavy atom. The van der Waals surface area contributed by atoms with Crippen LogP contribution in [0.15, 0.2) is 20.1 Å². The first-order valence-corrected chi connectivity index (χ1v) is 9.04. The SMILES string of the molecule is CC1CCCN(S(=O)(=O)c2sccc2Br)C1CN.Cl. The molecule has 110 valence electrons. The summed E-state index contributed by atoms with van der Waals surface area (Å²) in [5, 5.41) is 1.78. The molecular weight excluding hydrogens is 372 g/mol. The molecule has 0 radical (unpaired) electrons. The third-order valence-electron chi connectivity index (χ3n) is 3.43. The fourth-order valence-electron chi connectivity index (χ4n) is 2.43. The van der Waals surface area contributed by atoms with Crippen molar-refractivity contribution in [2.75, 3.05) is 13.1 Å². The maximum absolute atomic E-state index is 12.6. The lowest BCUT2D eigenvalue weighted by molar-refractivity contribution is 0.193. The van der Waals surface area contributed by atoms with Crippen molar-refractivity contribution in [3.8, 4) is 0 Å². The van der Waals surface area contributed by atoms with Crippen molar-refractivity contribution in [1.82, 2.24) is 4.31 Å². The monoisotopic (exact) mass is 388 g/mol. The van der Waals surface area contributed by atoms with Gasteiger partial charge < -0.3 is 5.73 Å². The van der Waals surface area contributed by atoms with Gasteiger partial charge in [0.1, 0.15) is 4.21 Å². The Morgan fingerprint density at radius 1 is 1.58 bits per heavy atom. The smallest absolute Gasteiger partial charge is 0.254 e. The molecule has 0 amide bonds. The van der Waals surface area contributed by atoms with Crippen LogP contribution in [0.3, 0.4) is 0 Å². The van der Waals surface area contributed by atoms with Crippen LogP contribution in [0.5, 0.6) is 0 Å². The van der Waals surface area contributed by atoms with Crippen molar-refractivity contribution in [2.45, 2.75) is 30.0 Å². The van der Waals surface area contributed by atoms with Gasteiger partial charge in [0.05, 0.1) is 0 Å². The number of hydrogen-bond donors (Lipinski definition) is 1. The molecule has 1 fully saturated rings. The molecule has 19 heavy (non-hydrogen) atoms. The molecule has 8 heteroatoms. The second-order valence-corrected chi connectivity index (χ2v) is 8.45. The van der Waals surface area contributed by atoms with E-state index in [1.807, 2.05) is 0 Å². The van der Waals surface area contributed by atoms with Crippen molar-refractivity contribution in [1.29, 1.82) is 0 Å². The van der Waals surface area contributed by atoms with E-state index in [0.717, 1.165) is 12.8 Å². The Balaban J connectivity index is 0.00000180. The van der Waals surface area contributed by atoms with E-state index >= 15 is 0 Å². The first kappa shape index (κ1) is 17.4. The van der Waals surface area contributed by atoms with Crippen LogP contribution < -0.4 is 5.73 Å². The maximum Gasteiger partial charge on any atom is 0.254 e. The fourth-order valence-corrected chi connectivity index (χ4v) is 6.63. The highest BCUT2D eigenvalue weighted by Crippen LogP contribution is 2.34. The van der Waals surface area contributed by atoms with Crippen LogP contribution in [0.1, 0.15) is 19.8 Å². The van der Waals surface area contributed by atoms with E-state index in [1.54, 1.807) is 15.8 Å². The molecule has 2 heterocycles. The summed E-state index contributed by atoms with van der Waals surface area (Å²) in [4.78, 5) is 0. The number of sulfonamides is 1. The lowest BCUT2D eigenvalue weighted by Crippen LogP contribution is -2.51. The van der Waals surface area contributed by atoms with E-state index in [-0.39, 0.29) is 18.4 Å². The topological polar surface area (TPSA) is 63.4 Å². The Bertz CT molecular complexity index is 521. The molecule has 2 rings (SSSR count). The lowest BCUT2D eigenvalue weighted by Gasteiger charge is -2.38. The molecule has 0 aromatic carbocycles. The van der Waals surface area contributed by atoms with Crippen molar-refractivity contribution >= 4 is 49.7 Å². The van der Waals surface area contributed by atoms with E-state index < -0.39 is 10.0 Å². The van der Waals surface area contributed by atoms with Crippen molar-refractivity contribution in [3.63, 3.8) is 0 Å². The molecule has 0 saturated carbocycles. The normalized spacial score (nSPS) is 25.0. The third kappa shape index (κ3) is 3.33. The molecule has 0 aliphatic carbocycles. The molecule has 0 bridgehead atoms. The number of hydrogen-bond acceptors (Lipinski definition) is 4. The summed E-state index contributed by atoms with van der Waals surface area (Å²) in [5.74, 6) is 0.317. The Morgan fingerprint density at radius 3 is 2.79 bits per heavy atom. The summed E-state index contributed by atoms with van der Waals surface area (Å²) in [6.45, 7) is 3.02. The van der Waals surface area contributed by atoms with Crippen LogP contribution in [-0.2, 0) is 10.0 Å². The van der Waals surface area contributed by atoms with Gasteiger partial charge in [-0.05, 0) is 46.1 Å². The lowest BCUT2D eigenvalue weighted by atomic mass is 9.93. The standard InChI is InChI=1S/C11H17BrN2O2S2.ClH/c1-8-3-2-5-14(10(8)7-13)18(15,16)11-9(12)4-6-17-11;/h4,6,8,10H,2-3,5,7,13H2,1H3;1H. The van der Waals surface area contributed by atoms with Crippen molar-refractivity contribution in [3.05, 3.63) is 15.9 Å². The molecule has 2 atom stereocenters. The quantitative estimate of drug-likeness (QED) is 0.864. The zero-order chi connectivity index (χ0) is 13.3. The highest BCUT2D eigenvalue weighted by Gasteiger charge is 2.37. The van der Waals surface area contributed by atoms with Crippen LogP contribution in [0, 0.1) is 5.92 Å². The van der Waals surface area contributed by atoms with E-state index in [1.165, 1.54) is 11.3 Å². The molecule has 1 aliphatic rings. The van der Waals surface area contributed by atoms with Gasteiger partial charge in [0.15, 0.2) is 0 Å². The predicted molar refractivity (Wildman–Crippen MR) is 84.4 cm³/mol. The van der Waals surface area contributed by atoms with E-state index in [4.69, 9.17) is 5.73 Å². The van der Waals surface area contributed by atoms with Crippen LogP contribution in [-0.4, -0.2) is 31.9 Å². The largest absolute Gasteiger partial charge is 0.329 e. The average molecular weight is 390 g/mol. The molecule has 0 spiro atoms. The second-order valence-electron chi connectivity index (χ2n) is 4.59. The molecule has 1 aliphatic heterocycles. The van der Waals surface area contributed by atoms with Gasteiger partial charge in [-0.1, -0.05) is 6.92 Å². The number of halogens is 2. The first-order chi connectivity index (χ1) is 8.48. The molecule has 4 nitrogen and oxygen atoms in total. The molecular formula is C11H18BrClN2O2S2. The summed E-state index contributed by atoms with van der Waals surface area (Å²) in [5.41, 5.74) is 5.76. The summed E-state index contributed by atoms with van der Waals surface area (Å²) in [6, 6.07) is 1.68. The fraction of sp³-hybridized carbons (Fsp3) is 0.636. The minimum atomic E-state index is -3.42. The van der Waals surface area contributed by atoms with Gasteiger partial charge in [0.2, 0.25) is 0 Å². The molecule has 1 aromatic heterocycles. The Hall–Kier alpha value is 0.340. The van der Waals surface area contributed by atoms with Crippen LogP contribution >= 0.6 is 39.7 Å². The van der Waals surface area contributed by atoms with Gasteiger partial charge in [-0.2, -0.15) is 4.31 Å². The summed E-state index contributed by atoms with van der Waals surface area (Å²) in [6.07, 6.45) is 1.94. The number of nitrogens with two attached hydrogens (primary N) is 1. The van der Waals surface area contributed by atoms with Gasteiger partial charge in [-0.3, -0.25) is 0 Å². The number of nitrogens with zero attached hydrogens (tertiary/aromatic N) is 1. The van der Waals surface area contributed by atoms with E-state index in [2.05, 4.69) is 22.9 Å². The van der Waals surface area contributed by atoms with Crippen LogP contribution in [0.25, 0.3) is 0 Å². The highest BCUT2D eigenvalue weighted by atomic mass is 79.9. The summed E-state index contributed by atoms with van der Waals surface area (Å²) < 4.78 is 27.9. The van der Waals surface area contributed by atoms with Crippen LogP contribution in [0.2, 0.25) is 0 Å². The molecule has 1 aromatic rings. The zero-order valence-electron chi connectivity index (χ0n) is 10.6. The number of rotatable bonds is 3. The average Bonchev–Trinajstić information content (AvgIpc) is 2.75. The number of piperidine rings is 1. The van der Waals surface area contributed by atoms with Gasteiger partial charge in [0, 0.05) is 23.6 Å². The minimum absolute atomic E-state index is 0. The van der Waals surface area contributed by atoms with Gasteiger partial charge in [0.25, 0.3) is 10.0 Å². The van der Waals surface area contributed by atoms with Gasteiger partial charge in [-0.25, -0.2) is 8.42 Å². The Labute approximate surface area is 133 Å². The minimum Gasteiger partial charge on any atom is -0.329 e. The van der Waals surface area contributed by atoms with Crippen molar-refractivity contribution in [2.24, 2.45) is 11.7 Å². The van der Waals surface area contributed by atoms with Gasteiger partial charge >= 0.3 is 0 Å². The summed E-state index contributed by atoms with van der Waals surface area (Å²) >= 11 is 4.55. The first-order valence-electron chi connectivity index (χ1n) is 5.93. The van der Waals surface area contributed by atoms with Crippen molar-refractivity contribution < 1.29 is 8.42 Å².